The highest BCUT2D eigenvalue weighted by molar-refractivity contribution is 5.37. The lowest BCUT2D eigenvalue weighted by atomic mass is 10.1. The second-order valence-corrected chi connectivity index (χ2v) is 4.25. The van der Waals surface area contributed by atoms with Crippen LogP contribution in [0.3, 0.4) is 0 Å². The number of nitrogens with two attached hydrogens (primary N) is 1. The molecule has 0 aliphatic carbocycles. The highest BCUT2D eigenvalue weighted by atomic mass is 16.5. The molecular formula is C13H15N3O. The van der Waals surface area contributed by atoms with Crippen molar-refractivity contribution >= 4 is 0 Å². The number of aromatic nitrogens is 2. The molecule has 0 fully saturated rings. The molecule has 1 aliphatic heterocycles. The Morgan fingerprint density at radius 3 is 3.12 bits per heavy atom. The molecule has 0 amide bonds. The fraction of sp³-hybridized carbons (Fsp3) is 0.308. The van der Waals surface area contributed by atoms with Gasteiger partial charge in [-0.25, -0.2) is 4.98 Å². The summed E-state index contributed by atoms with van der Waals surface area (Å²) in [6.45, 7) is 1.27. The third kappa shape index (κ3) is 1.91. The zero-order chi connectivity index (χ0) is 11.7. The van der Waals surface area contributed by atoms with E-state index in [1.54, 1.807) is 6.20 Å². The molecule has 0 spiro atoms. The summed E-state index contributed by atoms with van der Waals surface area (Å²) in [7, 11) is 0. The van der Waals surface area contributed by atoms with Crippen molar-refractivity contribution in [3.63, 3.8) is 0 Å². The second-order valence-electron chi connectivity index (χ2n) is 4.25. The molecule has 1 atom stereocenters. The van der Waals surface area contributed by atoms with Gasteiger partial charge in [-0.2, -0.15) is 0 Å². The van der Waals surface area contributed by atoms with Crippen LogP contribution in [0, 0.1) is 0 Å². The van der Waals surface area contributed by atoms with E-state index in [0.717, 1.165) is 24.5 Å². The summed E-state index contributed by atoms with van der Waals surface area (Å²) >= 11 is 0. The molecule has 1 aromatic heterocycles. The van der Waals surface area contributed by atoms with Crippen LogP contribution < -0.4 is 10.5 Å². The maximum Gasteiger partial charge on any atom is 0.123 e. The number of benzene rings is 1. The van der Waals surface area contributed by atoms with Crippen molar-refractivity contribution in [2.45, 2.75) is 25.6 Å². The summed E-state index contributed by atoms with van der Waals surface area (Å²) < 4.78 is 7.96. The normalized spacial score (nSPS) is 17.8. The number of nitrogens with zero attached hydrogens (tertiary/aromatic N) is 2. The third-order valence-corrected chi connectivity index (χ3v) is 3.10. The van der Waals surface area contributed by atoms with Gasteiger partial charge in [0.25, 0.3) is 0 Å². The van der Waals surface area contributed by atoms with Gasteiger partial charge < -0.3 is 15.0 Å². The van der Waals surface area contributed by atoms with Gasteiger partial charge in [0.15, 0.2) is 0 Å². The number of rotatable bonds is 3. The molecule has 4 heteroatoms. The van der Waals surface area contributed by atoms with Crippen LogP contribution in [0.5, 0.6) is 5.75 Å². The van der Waals surface area contributed by atoms with Crippen LogP contribution in [-0.2, 0) is 19.5 Å². The summed E-state index contributed by atoms with van der Waals surface area (Å²) in [5, 5.41) is 0. The van der Waals surface area contributed by atoms with Crippen LogP contribution in [0.4, 0.5) is 0 Å². The van der Waals surface area contributed by atoms with Crippen molar-refractivity contribution in [1.29, 1.82) is 0 Å². The molecule has 17 heavy (non-hydrogen) atoms. The summed E-state index contributed by atoms with van der Waals surface area (Å²) in [4.78, 5) is 4.21. The number of hydrogen-bond donors (Lipinski definition) is 1. The molecule has 2 aromatic rings. The molecule has 88 valence electrons. The number of para-hydroxylation sites is 1. The Morgan fingerprint density at radius 2 is 2.29 bits per heavy atom. The summed E-state index contributed by atoms with van der Waals surface area (Å²) in [5.41, 5.74) is 6.91. The van der Waals surface area contributed by atoms with E-state index in [4.69, 9.17) is 10.5 Å². The van der Waals surface area contributed by atoms with E-state index >= 15 is 0 Å². The average Bonchev–Trinajstić information content (AvgIpc) is 2.94. The third-order valence-electron chi connectivity index (χ3n) is 3.10. The Morgan fingerprint density at radius 1 is 1.41 bits per heavy atom. The fourth-order valence-electron chi connectivity index (χ4n) is 2.27. The Balaban J connectivity index is 1.74. The molecule has 4 nitrogen and oxygen atoms in total. The monoisotopic (exact) mass is 229 g/mol. The van der Waals surface area contributed by atoms with Crippen LogP contribution in [0.15, 0.2) is 36.7 Å². The SMILES string of the molecule is NCc1nccn1CC1Cc2ccccc2O1. The Labute approximate surface area is 100 Å². The first-order chi connectivity index (χ1) is 8.36. The molecule has 1 aromatic carbocycles. The quantitative estimate of drug-likeness (QED) is 0.864. The van der Waals surface area contributed by atoms with Gasteiger partial charge >= 0.3 is 0 Å². The van der Waals surface area contributed by atoms with Gasteiger partial charge in [0.2, 0.25) is 0 Å². The molecule has 1 aliphatic rings. The van der Waals surface area contributed by atoms with Crippen molar-refractivity contribution in [2.75, 3.05) is 0 Å². The predicted molar refractivity (Wildman–Crippen MR) is 64.7 cm³/mol. The zero-order valence-electron chi connectivity index (χ0n) is 9.54. The van der Waals surface area contributed by atoms with Crippen molar-refractivity contribution in [3.05, 3.63) is 48.0 Å². The van der Waals surface area contributed by atoms with Gasteiger partial charge in [0.1, 0.15) is 17.7 Å². The molecule has 2 heterocycles. The largest absolute Gasteiger partial charge is 0.488 e. The first-order valence-electron chi connectivity index (χ1n) is 5.81. The zero-order valence-corrected chi connectivity index (χ0v) is 9.54. The Bertz CT molecular complexity index is 496. The van der Waals surface area contributed by atoms with Crippen molar-refractivity contribution in [3.8, 4) is 5.75 Å². The first-order valence-corrected chi connectivity index (χ1v) is 5.81. The summed E-state index contributed by atoms with van der Waals surface area (Å²) in [5.74, 6) is 1.91. The Kier molecular flexibility index (Phi) is 2.57. The molecule has 0 bridgehead atoms. The van der Waals surface area contributed by atoms with Gasteiger partial charge in [-0.05, 0) is 11.6 Å². The standard InChI is InChI=1S/C13H15N3O/c14-8-13-15-5-6-16(13)9-11-7-10-3-1-2-4-12(10)17-11/h1-6,11H,7-9,14H2. The van der Waals surface area contributed by atoms with Gasteiger partial charge in [0, 0.05) is 18.8 Å². The fourth-order valence-corrected chi connectivity index (χ4v) is 2.27. The van der Waals surface area contributed by atoms with E-state index in [1.165, 1.54) is 5.56 Å². The summed E-state index contributed by atoms with van der Waals surface area (Å²) in [6.07, 6.45) is 4.88. The maximum atomic E-state index is 5.89. The molecule has 2 N–H and O–H groups in total. The minimum absolute atomic E-state index is 0.187. The molecule has 0 saturated heterocycles. The average molecular weight is 229 g/mol. The summed E-state index contributed by atoms with van der Waals surface area (Å²) in [6, 6.07) is 8.19. The lowest BCUT2D eigenvalue weighted by Gasteiger charge is -2.13. The lowest BCUT2D eigenvalue weighted by molar-refractivity contribution is 0.207. The minimum Gasteiger partial charge on any atom is -0.488 e. The van der Waals surface area contributed by atoms with E-state index in [-0.39, 0.29) is 6.10 Å². The molecule has 3 rings (SSSR count). The number of ether oxygens (including phenoxy) is 1. The van der Waals surface area contributed by atoms with E-state index in [0.29, 0.717) is 6.54 Å². The van der Waals surface area contributed by atoms with E-state index in [1.807, 2.05) is 24.4 Å². The lowest BCUT2D eigenvalue weighted by Crippen LogP contribution is -2.22. The number of fused-ring (bicyclic) bond motifs is 1. The van der Waals surface area contributed by atoms with Crippen LogP contribution in [0.25, 0.3) is 0 Å². The van der Waals surface area contributed by atoms with Gasteiger partial charge in [0.05, 0.1) is 13.1 Å². The Hall–Kier alpha value is -1.81. The number of hydrogen-bond acceptors (Lipinski definition) is 3. The molecule has 0 saturated carbocycles. The van der Waals surface area contributed by atoms with Crippen LogP contribution >= 0.6 is 0 Å². The van der Waals surface area contributed by atoms with Crippen LogP contribution in [0.1, 0.15) is 11.4 Å². The number of imidazole rings is 1. The maximum absolute atomic E-state index is 5.89. The van der Waals surface area contributed by atoms with Gasteiger partial charge in [-0.15, -0.1) is 0 Å². The molecule has 1 unspecified atom stereocenters. The first kappa shape index (κ1) is 10.4. The van der Waals surface area contributed by atoms with Gasteiger partial charge in [-0.3, -0.25) is 0 Å². The van der Waals surface area contributed by atoms with E-state index < -0.39 is 0 Å². The topological polar surface area (TPSA) is 53.1 Å². The molecular weight excluding hydrogens is 214 g/mol. The smallest absolute Gasteiger partial charge is 0.123 e. The van der Waals surface area contributed by atoms with Crippen molar-refractivity contribution < 1.29 is 4.74 Å². The molecule has 0 radical (unpaired) electrons. The second kappa shape index (κ2) is 4.22. The van der Waals surface area contributed by atoms with E-state index in [2.05, 4.69) is 15.6 Å². The van der Waals surface area contributed by atoms with Crippen LogP contribution in [-0.4, -0.2) is 15.7 Å². The predicted octanol–water partition coefficient (Wildman–Crippen LogP) is 1.35. The highest BCUT2D eigenvalue weighted by Crippen LogP contribution is 2.28. The van der Waals surface area contributed by atoms with Crippen molar-refractivity contribution in [2.24, 2.45) is 5.73 Å². The van der Waals surface area contributed by atoms with E-state index in [9.17, 15) is 0 Å². The van der Waals surface area contributed by atoms with Gasteiger partial charge in [-0.1, -0.05) is 18.2 Å². The highest BCUT2D eigenvalue weighted by Gasteiger charge is 2.22. The minimum atomic E-state index is 0.187. The van der Waals surface area contributed by atoms with Crippen LogP contribution in [0.2, 0.25) is 0 Å². The van der Waals surface area contributed by atoms with Crippen molar-refractivity contribution in [1.82, 2.24) is 9.55 Å².